The fourth-order valence-corrected chi connectivity index (χ4v) is 0.794. The van der Waals surface area contributed by atoms with Crippen molar-refractivity contribution >= 4 is 6.09 Å². The highest BCUT2D eigenvalue weighted by Crippen LogP contribution is 2.13. The van der Waals surface area contributed by atoms with E-state index in [4.69, 9.17) is 14.9 Å². The lowest BCUT2D eigenvalue weighted by Gasteiger charge is -2.24. The summed E-state index contributed by atoms with van der Waals surface area (Å²) in [5.74, 6) is 0. The van der Waals surface area contributed by atoms with Gasteiger partial charge in [0.05, 0.1) is 5.60 Å². The maximum absolute atomic E-state index is 10.7. The molecule has 5 heteroatoms. The Morgan fingerprint density at radius 1 is 1.40 bits per heavy atom. The number of carboxylic acid groups (broad SMARTS) is 1. The first-order valence-electron chi connectivity index (χ1n) is 5.21. The van der Waals surface area contributed by atoms with Gasteiger partial charge in [0, 0.05) is 6.54 Å². The molecule has 15 heavy (non-hydrogen) atoms. The van der Waals surface area contributed by atoms with Crippen molar-refractivity contribution in [1.82, 2.24) is 4.90 Å². The summed E-state index contributed by atoms with van der Waals surface area (Å²) in [6.45, 7) is 8.06. The molecule has 0 aliphatic carbocycles. The van der Waals surface area contributed by atoms with Crippen molar-refractivity contribution in [1.29, 1.82) is 0 Å². The summed E-state index contributed by atoms with van der Waals surface area (Å²) in [7, 11) is 0. The summed E-state index contributed by atoms with van der Waals surface area (Å²) in [6, 6.07) is 0. The molecule has 0 saturated heterocycles. The van der Waals surface area contributed by atoms with Crippen molar-refractivity contribution in [2.45, 2.75) is 46.1 Å². The predicted octanol–water partition coefficient (Wildman–Crippen LogP) is 2.47. The molecule has 1 N–H and O–H groups in total. The third-order valence-corrected chi connectivity index (χ3v) is 2.11. The van der Waals surface area contributed by atoms with E-state index >= 15 is 0 Å². The van der Waals surface area contributed by atoms with E-state index in [2.05, 4.69) is 0 Å². The van der Waals surface area contributed by atoms with Crippen molar-refractivity contribution < 1.29 is 19.7 Å². The largest absolute Gasteiger partial charge is 0.465 e. The molecule has 0 aliphatic rings. The fraction of sp³-hybridized carbons (Fsp3) is 0.900. The van der Waals surface area contributed by atoms with Gasteiger partial charge in [-0.2, -0.15) is 0 Å². The van der Waals surface area contributed by atoms with Crippen molar-refractivity contribution in [2.75, 3.05) is 13.3 Å². The molecule has 0 heterocycles. The lowest BCUT2D eigenvalue weighted by atomic mass is 10.1. The molecule has 0 radical (unpaired) electrons. The zero-order valence-corrected chi connectivity index (χ0v) is 9.95. The van der Waals surface area contributed by atoms with E-state index in [1.54, 1.807) is 0 Å². The number of carbonyl (C=O) groups is 1. The standard InChI is InChI=1S/C10H21NO4/c1-5-7-11(9(12)13)8-14-15-10(3,4)6-2/h5-8H2,1-4H3,(H,12,13). The van der Waals surface area contributed by atoms with Crippen molar-refractivity contribution in [2.24, 2.45) is 0 Å². The van der Waals surface area contributed by atoms with Gasteiger partial charge in [-0.25, -0.2) is 14.6 Å². The van der Waals surface area contributed by atoms with Gasteiger partial charge < -0.3 is 5.11 Å². The first-order valence-corrected chi connectivity index (χ1v) is 5.21. The molecule has 0 spiro atoms. The summed E-state index contributed by atoms with van der Waals surface area (Å²) in [6.07, 6.45) is 0.565. The highest BCUT2D eigenvalue weighted by molar-refractivity contribution is 5.64. The molecule has 0 bridgehead atoms. The summed E-state index contributed by atoms with van der Waals surface area (Å²) in [4.78, 5) is 21.9. The van der Waals surface area contributed by atoms with Gasteiger partial charge in [-0.1, -0.05) is 13.8 Å². The molecule has 0 aromatic rings. The Hall–Kier alpha value is -0.810. The number of hydrogen-bond acceptors (Lipinski definition) is 3. The quantitative estimate of drug-likeness (QED) is 0.406. The third-order valence-electron chi connectivity index (χ3n) is 2.11. The average Bonchev–Trinajstić information content (AvgIpc) is 2.16. The second-order valence-electron chi connectivity index (χ2n) is 3.99. The van der Waals surface area contributed by atoms with Gasteiger partial charge in [0.1, 0.15) is 0 Å². The topological polar surface area (TPSA) is 59.0 Å². The number of nitrogens with zero attached hydrogens (tertiary/aromatic N) is 1. The zero-order valence-electron chi connectivity index (χ0n) is 9.95. The molecule has 0 aliphatic heterocycles. The van der Waals surface area contributed by atoms with Gasteiger partial charge in [-0.05, 0) is 26.7 Å². The smallest absolute Gasteiger partial charge is 0.409 e. The average molecular weight is 219 g/mol. The minimum absolute atomic E-state index is 0.0490. The van der Waals surface area contributed by atoms with Crippen molar-refractivity contribution in [3.63, 3.8) is 0 Å². The van der Waals surface area contributed by atoms with Gasteiger partial charge in [0.25, 0.3) is 0 Å². The number of hydrogen-bond donors (Lipinski definition) is 1. The molecule has 1 amide bonds. The Morgan fingerprint density at radius 3 is 2.40 bits per heavy atom. The lowest BCUT2D eigenvalue weighted by molar-refractivity contribution is -0.366. The van der Waals surface area contributed by atoms with E-state index in [1.165, 1.54) is 4.90 Å². The van der Waals surface area contributed by atoms with Gasteiger partial charge in [0.15, 0.2) is 6.73 Å². The van der Waals surface area contributed by atoms with Crippen LogP contribution in [0.1, 0.15) is 40.5 Å². The molecule has 90 valence electrons. The van der Waals surface area contributed by atoms with Crippen LogP contribution in [0.25, 0.3) is 0 Å². The molecule has 0 saturated carbocycles. The fourth-order valence-electron chi connectivity index (χ4n) is 0.794. The molecule has 0 unspecified atom stereocenters. The highest BCUT2D eigenvalue weighted by atomic mass is 17.2. The van der Waals surface area contributed by atoms with Gasteiger partial charge >= 0.3 is 6.09 Å². The van der Waals surface area contributed by atoms with E-state index in [-0.39, 0.29) is 12.3 Å². The first kappa shape index (κ1) is 14.2. The van der Waals surface area contributed by atoms with E-state index in [0.29, 0.717) is 6.54 Å². The second-order valence-corrected chi connectivity index (χ2v) is 3.99. The minimum Gasteiger partial charge on any atom is -0.465 e. The Morgan fingerprint density at radius 2 is 2.00 bits per heavy atom. The maximum Gasteiger partial charge on any atom is 0.409 e. The SMILES string of the molecule is CCCN(COOC(C)(C)CC)C(=O)O. The van der Waals surface area contributed by atoms with Crippen LogP contribution in [0.4, 0.5) is 4.79 Å². The van der Waals surface area contributed by atoms with E-state index in [9.17, 15) is 4.79 Å². The molecule has 0 rings (SSSR count). The molecule has 0 atom stereocenters. The zero-order chi connectivity index (χ0) is 11.9. The Bertz CT molecular complexity index is 194. The molecular formula is C10H21NO4. The number of rotatable bonds is 7. The monoisotopic (exact) mass is 219 g/mol. The lowest BCUT2D eigenvalue weighted by Crippen LogP contribution is -2.34. The van der Waals surface area contributed by atoms with Crippen molar-refractivity contribution in [3.8, 4) is 0 Å². The van der Waals surface area contributed by atoms with Crippen LogP contribution in [-0.2, 0) is 9.78 Å². The first-order chi connectivity index (χ1) is 6.93. The van der Waals surface area contributed by atoms with Crippen LogP contribution < -0.4 is 0 Å². The summed E-state index contributed by atoms with van der Waals surface area (Å²) in [5.41, 5.74) is -0.379. The summed E-state index contributed by atoms with van der Waals surface area (Å²) >= 11 is 0. The predicted molar refractivity (Wildman–Crippen MR) is 56.4 cm³/mol. The van der Waals surface area contributed by atoms with Crippen LogP contribution >= 0.6 is 0 Å². The van der Waals surface area contributed by atoms with Crippen LogP contribution in [0.5, 0.6) is 0 Å². The molecule has 0 aromatic carbocycles. The summed E-state index contributed by atoms with van der Waals surface area (Å²) in [5, 5.41) is 8.78. The van der Waals surface area contributed by atoms with Crippen LogP contribution in [0.15, 0.2) is 0 Å². The molecule has 0 fully saturated rings. The second kappa shape index (κ2) is 6.63. The Balaban J connectivity index is 3.85. The Kier molecular flexibility index (Phi) is 6.27. The van der Waals surface area contributed by atoms with Gasteiger partial charge in [-0.15, -0.1) is 0 Å². The maximum atomic E-state index is 10.7. The third kappa shape index (κ3) is 6.30. The van der Waals surface area contributed by atoms with Gasteiger partial charge in [-0.3, -0.25) is 4.90 Å². The number of amides is 1. The molecule has 5 nitrogen and oxygen atoms in total. The minimum atomic E-state index is -0.991. The van der Waals surface area contributed by atoms with Gasteiger partial charge in [0.2, 0.25) is 0 Å². The normalized spacial score (nSPS) is 11.5. The van der Waals surface area contributed by atoms with Crippen molar-refractivity contribution in [3.05, 3.63) is 0 Å². The van der Waals surface area contributed by atoms with Crippen LogP contribution in [0.2, 0.25) is 0 Å². The Labute approximate surface area is 90.9 Å². The van der Waals surface area contributed by atoms with Crippen LogP contribution in [0, 0.1) is 0 Å². The molecule has 0 aromatic heterocycles. The highest BCUT2D eigenvalue weighted by Gasteiger charge is 2.18. The molecular weight excluding hydrogens is 198 g/mol. The van der Waals surface area contributed by atoms with E-state index in [0.717, 1.165) is 12.8 Å². The van der Waals surface area contributed by atoms with Crippen LogP contribution in [0.3, 0.4) is 0 Å². The summed E-state index contributed by atoms with van der Waals surface area (Å²) < 4.78 is 0. The van der Waals surface area contributed by atoms with E-state index in [1.807, 2.05) is 27.7 Å². The van der Waals surface area contributed by atoms with Crippen LogP contribution in [-0.4, -0.2) is 35.0 Å². The van der Waals surface area contributed by atoms with E-state index < -0.39 is 6.09 Å².